The third kappa shape index (κ3) is 1.35. The van der Waals surface area contributed by atoms with Crippen molar-refractivity contribution in [1.82, 2.24) is 0 Å². The Morgan fingerprint density at radius 1 is 0.696 bits per heavy atom. The highest BCUT2D eigenvalue weighted by atomic mass is 32.2. The van der Waals surface area contributed by atoms with E-state index in [2.05, 4.69) is 0 Å². The van der Waals surface area contributed by atoms with Gasteiger partial charge >= 0.3 is 17.8 Å². The first-order valence-electron chi connectivity index (χ1n) is 6.76. The van der Waals surface area contributed by atoms with Crippen molar-refractivity contribution in [2.24, 2.45) is 0 Å². The number of halogens is 6. The van der Waals surface area contributed by atoms with Crippen LogP contribution in [0.2, 0.25) is 0 Å². The molecule has 0 aromatic carbocycles. The van der Waals surface area contributed by atoms with Gasteiger partial charge in [-0.15, -0.1) is 23.5 Å². The van der Waals surface area contributed by atoms with E-state index >= 15 is 0 Å². The van der Waals surface area contributed by atoms with Crippen LogP contribution in [0.15, 0.2) is 45.3 Å². The van der Waals surface area contributed by atoms with Crippen LogP contribution < -0.4 is 0 Å². The van der Waals surface area contributed by atoms with Crippen LogP contribution in [0.3, 0.4) is 0 Å². The Bertz CT molecular complexity index is 698. The van der Waals surface area contributed by atoms with E-state index in [4.69, 9.17) is 0 Å². The van der Waals surface area contributed by atoms with E-state index in [-0.39, 0.29) is 11.1 Å². The maximum atomic E-state index is 14.3. The third-order valence-corrected chi connectivity index (χ3v) is 8.09. The van der Waals surface area contributed by atoms with Gasteiger partial charge in [0.1, 0.15) is 0 Å². The van der Waals surface area contributed by atoms with Crippen LogP contribution in [-0.4, -0.2) is 27.3 Å². The van der Waals surface area contributed by atoms with Gasteiger partial charge in [0.15, 0.2) is 0 Å². The van der Waals surface area contributed by atoms with Crippen LogP contribution in [-0.2, 0) is 0 Å². The normalized spacial score (nSPS) is 41.4. The number of allylic oxidation sites excluding steroid dienone is 4. The highest BCUT2D eigenvalue weighted by molar-refractivity contribution is 8.08. The molecular weight excluding hydrogens is 358 g/mol. The molecule has 0 aromatic heterocycles. The Kier molecular flexibility index (Phi) is 2.67. The highest BCUT2D eigenvalue weighted by Gasteiger charge is 2.84. The van der Waals surface area contributed by atoms with Gasteiger partial charge in [0, 0.05) is 11.1 Å². The number of hydrogen-bond acceptors (Lipinski definition) is 2. The predicted molar refractivity (Wildman–Crippen MR) is 79.2 cm³/mol. The lowest BCUT2D eigenvalue weighted by molar-refractivity contribution is -0.258. The second-order valence-corrected chi connectivity index (χ2v) is 8.86. The summed E-state index contributed by atoms with van der Waals surface area (Å²) in [6, 6.07) is 0. The molecule has 4 aliphatic rings. The fourth-order valence-corrected chi connectivity index (χ4v) is 6.24. The summed E-state index contributed by atoms with van der Waals surface area (Å²) < 4.78 is 83.3. The standard InChI is InChI=1S/C15H10F6S2/c1-11-7(3-5-22-11)9-10(8-4-6-23-12(8,11)2)14(18,19)15(20,21)13(9,16)17/h3-6H,1-2H3. The molecule has 0 radical (unpaired) electrons. The Morgan fingerprint density at radius 3 is 1.39 bits per heavy atom. The van der Waals surface area contributed by atoms with E-state index in [1.54, 1.807) is 13.8 Å². The van der Waals surface area contributed by atoms with Gasteiger partial charge in [0.2, 0.25) is 0 Å². The second kappa shape index (κ2) is 3.90. The lowest BCUT2D eigenvalue weighted by Gasteiger charge is -2.46. The van der Waals surface area contributed by atoms with Crippen molar-refractivity contribution in [2.45, 2.75) is 41.1 Å². The van der Waals surface area contributed by atoms with Gasteiger partial charge in [-0.05, 0) is 35.8 Å². The van der Waals surface area contributed by atoms with Gasteiger partial charge in [-0.1, -0.05) is 12.2 Å². The minimum absolute atomic E-state index is 0.123. The zero-order valence-electron chi connectivity index (χ0n) is 11.9. The van der Waals surface area contributed by atoms with Crippen LogP contribution in [0.1, 0.15) is 13.8 Å². The summed E-state index contributed by atoms with van der Waals surface area (Å²) in [7, 11) is 0. The lowest BCUT2D eigenvalue weighted by atomic mass is 9.71. The van der Waals surface area contributed by atoms with Crippen LogP contribution in [0.25, 0.3) is 0 Å². The fourth-order valence-electron chi connectivity index (χ4n) is 3.74. The molecule has 124 valence electrons. The Hall–Kier alpha value is -0.760. The van der Waals surface area contributed by atoms with Crippen molar-refractivity contribution in [3.8, 4) is 0 Å². The molecule has 2 aliphatic heterocycles. The van der Waals surface area contributed by atoms with E-state index < -0.39 is 38.4 Å². The van der Waals surface area contributed by atoms with Crippen LogP contribution in [0.5, 0.6) is 0 Å². The largest absolute Gasteiger partial charge is 0.380 e. The van der Waals surface area contributed by atoms with E-state index in [1.807, 2.05) is 0 Å². The summed E-state index contributed by atoms with van der Waals surface area (Å²) in [6.07, 6.45) is 2.54. The number of thioether (sulfide) groups is 2. The van der Waals surface area contributed by atoms with Crippen molar-refractivity contribution in [2.75, 3.05) is 0 Å². The summed E-state index contributed by atoms with van der Waals surface area (Å²) in [4.78, 5) is 0. The van der Waals surface area contributed by atoms with Gasteiger partial charge in [-0.2, -0.15) is 26.3 Å². The van der Waals surface area contributed by atoms with Gasteiger partial charge in [0.05, 0.1) is 9.49 Å². The molecule has 1 fully saturated rings. The predicted octanol–water partition coefficient (Wildman–Crippen LogP) is 5.55. The molecule has 0 spiro atoms. The third-order valence-electron chi connectivity index (χ3n) is 5.22. The first-order valence-corrected chi connectivity index (χ1v) is 8.52. The molecule has 0 nitrogen and oxygen atoms in total. The summed E-state index contributed by atoms with van der Waals surface area (Å²) >= 11 is 2.39. The molecule has 2 atom stereocenters. The molecule has 2 aliphatic carbocycles. The lowest BCUT2D eigenvalue weighted by Crippen LogP contribution is -2.48. The maximum absolute atomic E-state index is 14.3. The number of fused-ring (bicyclic) bond motifs is 4. The van der Waals surface area contributed by atoms with Crippen molar-refractivity contribution in [1.29, 1.82) is 0 Å². The summed E-state index contributed by atoms with van der Waals surface area (Å²) in [5.41, 5.74) is -2.64. The monoisotopic (exact) mass is 368 g/mol. The van der Waals surface area contributed by atoms with Crippen molar-refractivity contribution >= 4 is 23.5 Å². The van der Waals surface area contributed by atoms with Gasteiger partial charge in [-0.25, -0.2) is 0 Å². The summed E-state index contributed by atoms with van der Waals surface area (Å²) in [5.74, 6) is -15.3. The van der Waals surface area contributed by atoms with Crippen molar-refractivity contribution in [3.63, 3.8) is 0 Å². The molecule has 0 bridgehead atoms. The Morgan fingerprint density at radius 2 is 1.04 bits per heavy atom. The quantitative estimate of drug-likeness (QED) is 0.514. The first kappa shape index (κ1) is 15.7. The number of alkyl halides is 6. The van der Waals surface area contributed by atoms with E-state index in [9.17, 15) is 26.3 Å². The van der Waals surface area contributed by atoms with E-state index in [0.29, 0.717) is 0 Å². The second-order valence-electron chi connectivity index (χ2n) is 6.21. The van der Waals surface area contributed by atoms with Crippen LogP contribution in [0.4, 0.5) is 26.3 Å². The molecule has 0 amide bonds. The van der Waals surface area contributed by atoms with Gasteiger partial charge in [0.25, 0.3) is 0 Å². The average Bonchev–Trinajstić information content (AvgIpc) is 3.02. The molecule has 23 heavy (non-hydrogen) atoms. The van der Waals surface area contributed by atoms with E-state index in [1.165, 1.54) is 46.5 Å². The zero-order chi connectivity index (χ0) is 17.1. The Balaban J connectivity index is 2.19. The number of hydrogen-bond donors (Lipinski definition) is 0. The van der Waals surface area contributed by atoms with Crippen LogP contribution >= 0.6 is 23.5 Å². The SMILES string of the molecule is CC12SC=CC1=C1C(=C3C=CSC32C)C(F)(F)C(F)(F)C1(F)F. The molecule has 0 saturated heterocycles. The molecule has 2 unspecified atom stereocenters. The molecule has 0 aromatic rings. The molecule has 4 rings (SSSR count). The highest BCUT2D eigenvalue weighted by Crippen LogP contribution is 2.72. The molecule has 1 saturated carbocycles. The van der Waals surface area contributed by atoms with Crippen molar-refractivity contribution < 1.29 is 26.3 Å². The minimum atomic E-state index is -5.45. The number of rotatable bonds is 0. The Labute approximate surface area is 136 Å². The molecule has 8 heteroatoms. The maximum Gasteiger partial charge on any atom is 0.380 e. The smallest absolute Gasteiger partial charge is 0.194 e. The topological polar surface area (TPSA) is 0 Å². The molecule has 2 heterocycles. The summed E-state index contributed by atoms with van der Waals surface area (Å²) in [6.45, 7) is 3.28. The molecular formula is C15H10F6S2. The first-order chi connectivity index (χ1) is 10.4. The van der Waals surface area contributed by atoms with Gasteiger partial charge in [-0.3, -0.25) is 0 Å². The zero-order valence-corrected chi connectivity index (χ0v) is 13.5. The van der Waals surface area contributed by atoms with E-state index in [0.717, 1.165) is 0 Å². The minimum Gasteiger partial charge on any atom is -0.194 e. The summed E-state index contributed by atoms with van der Waals surface area (Å²) in [5, 5.41) is 3.02. The van der Waals surface area contributed by atoms with Gasteiger partial charge < -0.3 is 0 Å². The fraction of sp³-hybridized carbons (Fsp3) is 0.467. The van der Waals surface area contributed by atoms with Crippen molar-refractivity contribution in [3.05, 3.63) is 45.3 Å². The average molecular weight is 368 g/mol. The van der Waals surface area contributed by atoms with Crippen LogP contribution in [0, 0.1) is 0 Å². The molecule has 0 N–H and O–H groups in total.